The van der Waals surface area contributed by atoms with E-state index in [9.17, 15) is 9.59 Å². The van der Waals surface area contributed by atoms with Gasteiger partial charge in [0.2, 0.25) is 5.91 Å². The van der Waals surface area contributed by atoms with Crippen molar-refractivity contribution in [2.75, 3.05) is 11.1 Å². The number of rotatable bonds is 6. The molecule has 0 atom stereocenters. The van der Waals surface area contributed by atoms with Gasteiger partial charge in [0.25, 0.3) is 5.56 Å². The first-order valence-corrected chi connectivity index (χ1v) is 10.6. The van der Waals surface area contributed by atoms with E-state index in [4.69, 9.17) is 4.98 Å². The molecule has 0 saturated carbocycles. The second-order valence-electron chi connectivity index (χ2n) is 7.15. The van der Waals surface area contributed by atoms with Gasteiger partial charge in [-0.1, -0.05) is 53.7 Å². The number of aryl methyl sites for hydroxylation is 2. The van der Waals surface area contributed by atoms with Crippen LogP contribution in [0.3, 0.4) is 0 Å². The van der Waals surface area contributed by atoms with Gasteiger partial charge in [-0.15, -0.1) is 6.58 Å². The number of aromatic amines is 1. The van der Waals surface area contributed by atoms with E-state index < -0.39 is 0 Å². The number of thioether (sulfide) groups is 1. The Morgan fingerprint density at radius 3 is 2.83 bits per heavy atom. The van der Waals surface area contributed by atoms with E-state index in [1.165, 1.54) is 11.8 Å². The van der Waals surface area contributed by atoms with Crippen LogP contribution in [0.5, 0.6) is 0 Å². The van der Waals surface area contributed by atoms with Gasteiger partial charge in [0.1, 0.15) is 11.0 Å². The summed E-state index contributed by atoms with van der Waals surface area (Å²) in [5, 5.41) is 4.31. The van der Waals surface area contributed by atoms with Crippen molar-refractivity contribution >= 4 is 45.3 Å². The zero-order valence-electron chi connectivity index (χ0n) is 16.9. The Morgan fingerprint density at radius 2 is 2.07 bits per heavy atom. The second kappa shape index (κ2) is 8.20. The summed E-state index contributed by atoms with van der Waals surface area (Å²) in [6, 6.07) is 13.6. The molecular formula is C23H22N4O2S. The third kappa shape index (κ3) is 3.76. The number of aromatic nitrogens is 3. The number of hydrogen-bond acceptors (Lipinski definition) is 4. The van der Waals surface area contributed by atoms with Gasteiger partial charge in [-0.3, -0.25) is 14.2 Å². The average molecular weight is 419 g/mol. The highest BCUT2D eigenvalue weighted by Gasteiger charge is 2.16. The lowest BCUT2D eigenvalue weighted by molar-refractivity contribution is -0.113. The van der Waals surface area contributed by atoms with Crippen molar-refractivity contribution in [2.24, 2.45) is 0 Å². The van der Waals surface area contributed by atoms with Gasteiger partial charge in [-0.05, 0) is 31.5 Å². The molecule has 4 aromatic rings. The first-order chi connectivity index (χ1) is 14.5. The van der Waals surface area contributed by atoms with E-state index in [1.54, 1.807) is 10.6 Å². The SMILES string of the molecule is C=CCn1c(SCC(=O)Nc2ccc(C)cc2C)nc2c([nH]c3ccccc32)c1=O. The number of carbonyl (C=O) groups excluding carboxylic acids is 1. The molecular weight excluding hydrogens is 396 g/mol. The molecule has 0 aliphatic rings. The maximum atomic E-state index is 13.1. The molecule has 6 nitrogen and oxygen atoms in total. The van der Waals surface area contributed by atoms with Crippen molar-refractivity contribution in [3.05, 3.63) is 76.6 Å². The van der Waals surface area contributed by atoms with Crippen molar-refractivity contribution in [2.45, 2.75) is 25.5 Å². The van der Waals surface area contributed by atoms with Crippen LogP contribution in [0.2, 0.25) is 0 Å². The largest absolute Gasteiger partial charge is 0.349 e. The first-order valence-electron chi connectivity index (χ1n) is 9.60. The van der Waals surface area contributed by atoms with Gasteiger partial charge in [-0.25, -0.2) is 4.98 Å². The van der Waals surface area contributed by atoms with Crippen LogP contribution in [0.15, 0.2) is 65.1 Å². The summed E-state index contributed by atoms with van der Waals surface area (Å²) in [4.78, 5) is 33.5. The standard InChI is InChI=1S/C23H22N4O2S/c1-4-11-27-22(29)21-20(16-7-5-6-8-18(16)25-21)26-23(27)30-13-19(28)24-17-10-9-14(2)12-15(17)3/h4-10,12,25H,1,11,13H2,2-3H3,(H,24,28). The second-order valence-corrected chi connectivity index (χ2v) is 8.09. The Morgan fingerprint density at radius 1 is 1.27 bits per heavy atom. The zero-order valence-corrected chi connectivity index (χ0v) is 17.7. The van der Waals surface area contributed by atoms with Crippen LogP contribution in [0.25, 0.3) is 21.9 Å². The predicted octanol–water partition coefficient (Wildman–Crippen LogP) is 4.41. The zero-order chi connectivity index (χ0) is 21.3. The smallest absolute Gasteiger partial charge is 0.278 e. The summed E-state index contributed by atoms with van der Waals surface area (Å²) in [5.41, 5.74) is 4.70. The lowest BCUT2D eigenvalue weighted by Gasteiger charge is -2.11. The molecule has 2 aromatic carbocycles. The van der Waals surface area contributed by atoms with Crippen LogP contribution in [0, 0.1) is 13.8 Å². The topological polar surface area (TPSA) is 79.8 Å². The average Bonchev–Trinajstić information content (AvgIpc) is 3.10. The molecule has 1 amide bonds. The number of carbonyl (C=O) groups is 1. The number of para-hydroxylation sites is 1. The van der Waals surface area contributed by atoms with E-state index in [1.807, 2.05) is 56.3 Å². The van der Waals surface area contributed by atoms with Crippen LogP contribution in [0.4, 0.5) is 5.69 Å². The molecule has 2 N–H and O–H groups in total. The molecule has 0 bridgehead atoms. The van der Waals surface area contributed by atoms with E-state index in [-0.39, 0.29) is 17.2 Å². The number of nitrogens with zero attached hydrogens (tertiary/aromatic N) is 2. The molecule has 0 aliphatic carbocycles. The minimum atomic E-state index is -0.173. The van der Waals surface area contributed by atoms with E-state index in [0.717, 1.165) is 27.7 Å². The van der Waals surface area contributed by atoms with Gasteiger partial charge in [-0.2, -0.15) is 0 Å². The van der Waals surface area contributed by atoms with Crippen molar-refractivity contribution < 1.29 is 4.79 Å². The summed E-state index contributed by atoms with van der Waals surface area (Å²) >= 11 is 1.24. The summed E-state index contributed by atoms with van der Waals surface area (Å²) in [5.74, 6) is -0.00419. The number of H-pyrrole nitrogens is 1. The highest BCUT2D eigenvalue weighted by molar-refractivity contribution is 7.99. The number of nitrogens with one attached hydrogen (secondary N) is 2. The fourth-order valence-corrected chi connectivity index (χ4v) is 4.25. The molecule has 30 heavy (non-hydrogen) atoms. The number of allylic oxidation sites excluding steroid dienone is 1. The molecule has 0 radical (unpaired) electrons. The molecule has 152 valence electrons. The highest BCUT2D eigenvalue weighted by Crippen LogP contribution is 2.25. The van der Waals surface area contributed by atoms with E-state index >= 15 is 0 Å². The normalized spacial score (nSPS) is 11.1. The highest BCUT2D eigenvalue weighted by atomic mass is 32.2. The third-order valence-corrected chi connectivity index (χ3v) is 5.85. The van der Waals surface area contributed by atoms with Crippen molar-refractivity contribution in [1.29, 1.82) is 0 Å². The number of benzene rings is 2. The molecule has 0 spiro atoms. The van der Waals surface area contributed by atoms with Gasteiger partial charge >= 0.3 is 0 Å². The minimum absolute atomic E-state index is 0.144. The summed E-state index contributed by atoms with van der Waals surface area (Å²) in [6.07, 6.45) is 1.65. The maximum Gasteiger partial charge on any atom is 0.278 e. The van der Waals surface area contributed by atoms with Gasteiger partial charge in [0.05, 0.1) is 5.75 Å². The number of anilines is 1. The van der Waals surface area contributed by atoms with Crippen LogP contribution in [-0.2, 0) is 11.3 Å². The Balaban J connectivity index is 1.64. The fraction of sp³-hybridized carbons (Fsp3) is 0.174. The molecule has 0 fully saturated rings. The molecule has 4 rings (SSSR count). The Labute approximate surface area is 178 Å². The van der Waals surface area contributed by atoms with Crippen LogP contribution in [-0.4, -0.2) is 26.2 Å². The quantitative estimate of drug-likeness (QED) is 0.276. The molecule has 2 aromatic heterocycles. The summed E-state index contributed by atoms with van der Waals surface area (Å²) in [7, 11) is 0. The van der Waals surface area contributed by atoms with Gasteiger partial charge in [0.15, 0.2) is 5.16 Å². The van der Waals surface area contributed by atoms with Crippen LogP contribution in [0.1, 0.15) is 11.1 Å². The third-order valence-electron chi connectivity index (χ3n) is 4.88. The van der Waals surface area contributed by atoms with Crippen molar-refractivity contribution in [3.63, 3.8) is 0 Å². The predicted molar refractivity (Wildman–Crippen MR) is 123 cm³/mol. The van der Waals surface area contributed by atoms with Gasteiger partial charge in [0, 0.05) is 23.1 Å². The van der Waals surface area contributed by atoms with Crippen LogP contribution < -0.4 is 10.9 Å². The Kier molecular flexibility index (Phi) is 5.46. The van der Waals surface area contributed by atoms with Crippen molar-refractivity contribution in [1.82, 2.24) is 14.5 Å². The molecule has 7 heteroatoms. The summed E-state index contributed by atoms with van der Waals surface area (Å²) < 4.78 is 1.54. The van der Waals surface area contributed by atoms with E-state index in [2.05, 4.69) is 16.9 Å². The maximum absolute atomic E-state index is 13.1. The molecule has 2 heterocycles. The van der Waals surface area contributed by atoms with E-state index in [0.29, 0.717) is 22.7 Å². The lowest BCUT2D eigenvalue weighted by Crippen LogP contribution is -2.24. The van der Waals surface area contributed by atoms with Crippen molar-refractivity contribution in [3.8, 4) is 0 Å². The number of amides is 1. The molecule has 0 unspecified atom stereocenters. The number of fused-ring (bicyclic) bond motifs is 3. The Hall–Kier alpha value is -3.32. The lowest BCUT2D eigenvalue weighted by atomic mass is 10.1. The number of hydrogen-bond donors (Lipinski definition) is 2. The summed E-state index contributed by atoms with van der Waals surface area (Å²) in [6.45, 7) is 8.04. The minimum Gasteiger partial charge on any atom is -0.349 e. The van der Waals surface area contributed by atoms with Crippen LogP contribution >= 0.6 is 11.8 Å². The molecule has 0 saturated heterocycles. The Bertz CT molecular complexity index is 1340. The fourth-order valence-electron chi connectivity index (χ4n) is 3.45. The van der Waals surface area contributed by atoms with Gasteiger partial charge < -0.3 is 10.3 Å². The monoisotopic (exact) mass is 418 g/mol. The molecule has 0 aliphatic heterocycles. The first kappa shape index (κ1) is 20.0.